The maximum atomic E-state index is 12.4. The summed E-state index contributed by atoms with van der Waals surface area (Å²) in [4.78, 5) is 24.8. The Hall–Kier alpha value is -1.14. The Kier molecular flexibility index (Phi) is 5.21. The summed E-state index contributed by atoms with van der Waals surface area (Å²) >= 11 is 0. The molecule has 3 aliphatic rings. The summed E-state index contributed by atoms with van der Waals surface area (Å²) in [5.74, 6) is 0.0760. The lowest BCUT2D eigenvalue weighted by atomic mass is 10.0. The molecule has 2 amide bonds. The van der Waals surface area contributed by atoms with Crippen LogP contribution < -0.4 is 10.6 Å². The average molecular weight is 324 g/mol. The van der Waals surface area contributed by atoms with Gasteiger partial charge in [-0.25, -0.2) is 0 Å². The Bertz CT molecular complexity index is 416. The second-order valence-corrected chi connectivity index (χ2v) is 7.17. The lowest BCUT2D eigenvalue weighted by Gasteiger charge is -2.20. The van der Waals surface area contributed by atoms with Crippen LogP contribution in [-0.2, 0) is 19.1 Å². The number of hydrogen-bond acceptors (Lipinski definition) is 4. The van der Waals surface area contributed by atoms with Gasteiger partial charge in [0.25, 0.3) is 0 Å². The van der Waals surface area contributed by atoms with Crippen molar-refractivity contribution >= 4 is 11.8 Å². The molecule has 2 N–H and O–H groups in total. The van der Waals surface area contributed by atoms with Crippen molar-refractivity contribution in [3.05, 3.63) is 0 Å². The molecule has 0 radical (unpaired) electrons. The van der Waals surface area contributed by atoms with E-state index in [2.05, 4.69) is 10.6 Å². The Morgan fingerprint density at radius 3 is 1.57 bits per heavy atom. The van der Waals surface area contributed by atoms with Crippen LogP contribution in [0.25, 0.3) is 0 Å². The molecule has 0 aromatic heterocycles. The summed E-state index contributed by atoms with van der Waals surface area (Å²) in [6.45, 7) is 5.41. The van der Waals surface area contributed by atoms with E-state index < -0.39 is 0 Å². The highest BCUT2D eigenvalue weighted by Gasteiger charge is 2.37. The summed E-state index contributed by atoms with van der Waals surface area (Å²) in [6, 6.07) is 0.235. The standard InChI is InChI=1S/C17H28N2O4/c1-10-14(5-7-22-10)18-16(20)12-3-4-13(9-12)17(21)19-15-6-8-23-11(15)2/h10-15H,3-9H2,1-2H3,(H,18,20)(H,19,21)/t10-,11-,12-,13+,14-,15-/m1/s1. The van der Waals surface area contributed by atoms with Gasteiger partial charge in [-0.05, 0) is 46.0 Å². The van der Waals surface area contributed by atoms with Crippen LogP contribution in [0, 0.1) is 11.8 Å². The first-order valence-electron chi connectivity index (χ1n) is 8.88. The van der Waals surface area contributed by atoms with Crippen LogP contribution in [0.4, 0.5) is 0 Å². The Balaban J connectivity index is 1.45. The van der Waals surface area contributed by atoms with Gasteiger partial charge in [-0.1, -0.05) is 0 Å². The molecule has 2 saturated heterocycles. The van der Waals surface area contributed by atoms with Gasteiger partial charge in [0.05, 0.1) is 24.3 Å². The van der Waals surface area contributed by atoms with Gasteiger partial charge in [0.15, 0.2) is 0 Å². The molecule has 0 aromatic rings. The normalized spacial score (nSPS) is 40.3. The molecule has 0 spiro atoms. The van der Waals surface area contributed by atoms with Crippen molar-refractivity contribution in [1.29, 1.82) is 0 Å². The molecule has 0 aromatic carbocycles. The van der Waals surface area contributed by atoms with Crippen LogP contribution in [-0.4, -0.2) is 49.3 Å². The van der Waals surface area contributed by atoms with Gasteiger partial charge in [0.2, 0.25) is 11.8 Å². The second-order valence-electron chi connectivity index (χ2n) is 7.17. The van der Waals surface area contributed by atoms with Gasteiger partial charge in [0, 0.05) is 25.0 Å². The van der Waals surface area contributed by atoms with Gasteiger partial charge in [-0.15, -0.1) is 0 Å². The molecule has 6 atom stereocenters. The molecule has 130 valence electrons. The predicted octanol–water partition coefficient (Wildman–Crippen LogP) is 0.990. The van der Waals surface area contributed by atoms with Gasteiger partial charge >= 0.3 is 0 Å². The highest BCUT2D eigenvalue weighted by atomic mass is 16.5. The van der Waals surface area contributed by atoms with E-state index in [1.54, 1.807) is 0 Å². The molecule has 0 unspecified atom stereocenters. The number of carbonyl (C=O) groups excluding carboxylic acids is 2. The molecular formula is C17H28N2O4. The number of ether oxygens (including phenoxy) is 2. The fourth-order valence-corrected chi connectivity index (χ4v) is 3.90. The molecule has 1 saturated carbocycles. The zero-order chi connectivity index (χ0) is 16.4. The topological polar surface area (TPSA) is 76.7 Å². The third-order valence-corrected chi connectivity index (χ3v) is 5.58. The summed E-state index contributed by atoms with van der Waals surface area (Å²) in [7, 11) is 0. The Morgan fingerprint density at radius 2 is 1.22 bits per heavy atom. The number of rotatable bonds is 4. The number of carbonyl (C=O) groups is 2. The minimum atomic E-state index is -0.0456. The van der Waals surface area contributed by atoms with Crippen LogP contribution >= 0.6 is 0 Å². The summed E-state index contributed by atoms with van der Waals surface area (Å²) in [5, 5.41) is 6.19. The molecule has 6 nitrogen and oxygen atoms in total. The summed E-state index contributed by atoms with van der Waals surface area (Å²) < 4.78 is 11.0. The van der Waals surface area contributed by atoms with Gasteiger partial charge in [-0.2, -0.15) is 0 Å². The quantitative estimate of drug-likeness (QED) is 0.808. The van der Waals surface area contributed by atoms with E-state index in [0.717, 1.165) is 25.7 Å². The van der Waals surface area contributed by atoms with E-state index in [1.165, 1.54) is 0 Å². The largest absolute Gasteiger partial charge is 0.376 e. The highest BCUT2D eigenvalue weighted by molar-refractivity contribution is 5.83. The summed E-state index contributed by atoms with van der Waals surface area (Å²) in [5.41, 5.74) is 0. The first-order valence-corrected chi connectivity index (χ1v) is 8.88. The monoisotopic (exact) mass is 324 g/mol. The fraction of sp³-hybridized carbons (Fsp3) is 0.882. The molecule has 0 bridgehead atoms. The fourth-order valence-electron chi connectivity index (χ4n) is 3.90. The molecule has 6 heteroatoms. The first kappa shape index (κ1) is 16.7. The van der Waals surface area contributed by atoms with Crippen molar-refractivity contribution in [1.82, 2.24) is 10.6 Å². The maximum absolute atomic E-state index is 12.4. The molecule has 2 heterocycles. The van der Waals surface area contributed by atoms with Crippen LogP contribution in [0.1, 0.15) is 46.0 Å². The summed E-state index contributed by atoms with van der Waals surface area (Å²) in [6.07, 6.45) is 4.17. The maximum Gasteiger partial charge on any atom is 0.223 e. The molecular weight excluding hydrogens is 296 g/mol. The van der Waals surface area contributed by atoms with Crippen molar-refractivity contribution in [3.63, 3.8) is 0 Å². The van der Waals surface area contributed by atoms with Crippen molar-refractivity contribution in [2.45, 2.75) is 70.2 Å². The minimum Gasteiger partial charge on any atom is -0.376 e. The third kappa shape index (κ3) is 3.86. The molecule has 1 aliphatic carbocycles. The average Bonchev–Trinajstić information content (AvgIpc) is 3.23. The van der Waals surface area contributed by atoms with E-state index in [1.807, 2.05) is 13.8 Å². The number of hydrogen-bond donors (Lipinski definition) is 2. The van der Waals surface area contributed by atoms with E-state index >= 15 is 0 Å². The van der Waals surface area contributed by atoms with Gasteiger partial charge in [-0.3, -0.25) is 9.59 Å². The van der Waals surface area contributed by atoms with Crippen molar-refractivity contribution < 1.29 is 19.1 Å². The van der Waals surface area contributed by atoms with Gasteiger partial charge < -0.3 is 20.1 Å². The van der Waals surface area contributed by atoms with E-state index in [4.69, 9.17) is 9.47 Å². The number of nitrogens with one attached hydrogen (secondary N) is 2. The van der Waals surface area contributed by atoms with Gasteiger partial charge in [0.1, 0.15) is 0 Å². The minimum absolute atomic E-state index is 0.0456. The van der Waals surface area contributed by atoms with E-state index in [0.29, 0.717) is 19.6 Å². The zero-order valence-electron chi connectivity index (χ0n) is 14.0. The highest BCUT2D eigenvalue weighted by Crippen LogP contribution is 2.32. The predicted molar refractivity (Wildman–Crippen MR) is 84.8 cm³/mol. The molecule has 23 heavy (non-hydrogen) atoms. The zero-order valence-corrected chi connectivity index (χ0v) is 14.0. The Morgan fingerprint density at radius 1 is 0.783 bits per heavy atom. The van der Waals surface area contributed by atoms with Crippen molar-refractivity contribution in [2.75, 3.05) is 13.2 Å². The smallest absolute Gasteiger partial charge is 0.223 e. The van der Waals surface area contributed by atoms with E-state index in [-0.39, 0.29) is 47.9 Å². The van der Waals surface area contributed by atoms with Crippen LogP contribution in [0.3, 0.4) is 0 Å². The molecule has 2 aliphatic heterocycles. The van der Waals surface area contributed by atoms with Crippen LogP contribution in [0.15, 0.2) is 0 Å². The Labute approximate surface area is 137 Å². The van der Waals surface area contributed by atoms with Crippen molar-refractivity contribution in [3.8, 4) is 0 Å². The van der Waals surface area contributed by atoms with Crippen LogP contribution in [0.5, 0.6) is 0 Å². The first-order chi connectivity index (χ1) is 11.0. The van der Waals surface area contributed by atoms with E-state index in [9.17, 15) is 9.59 Å². The number of amides is 2. The lowest BCUT2D eigenvalue weighted by molar-refractivity contribution is -0.127. The lowest BCUT2D eigenvalue weighted by Crippen LogP contribution is -2.43. The molecule has 3 rings (SSSR count). The second kappa shape index (κ2) is 7.18. The third-order valence-electron chi connectivity index (χ3n) is 5.58. The van der Waals surface area contributed by atoms with Crippen molar-refractivity contribution in [2.24, 2.45) is 11.8 Å². The SMILES string of the molecule is C[C@H]1OCC[C@H]1NC(=O)[C@@H]1CC[C@H](C(=O)N[C@@H]2CCO[C@@H]2C)C1. The van der Waals surface area contributed by atoms with Crippen LogP contribution in [0.2, 0.25) is 0 Å². The molecule has 3 fully saturated rings.